The van der Waals surface area contributed by atoms with E-state index in [2.05, 4.69) is 28.6 Å². The van der Waals surface area contributed by atoms with E-state index >= 15 is 0 Å². The number of aromatic nitrogens is 2. The first-order valence-electron chi connectivity index (χ1n) is 6.61. The lowest BCUT2D eigenvalue weighted by Gasteiger charge is -2.27. The molecular weight excluding hydrogens is 212 g/mol. The van der Waals surface area contributed by atoms with Gasteiger partial charge in [0.2, 0.25) is 0 Å². The van der Waals surface area contributed by atoms with E-state index in [0.717, 1.165) is 18.9 Å². The van der Waals surface area contributed by atoms with Gasteiger partial charge in [0.05, 0.1) is 6.20 Å². The molecule has 1 fully saturated rings. The van der Waals surface area contributed by atoms with Crippen LogP contribution in [0.5, 0.6) is 0 Å². The number of likely N-dealkylation sites (N-methyl/N-ethyl adjacent to an activating group) is 1. The van der Waals surface area contributed by atoms with Gasteiger partial charge in [0.1, 0.15) is 0 Å². The summed E-state index contributed by atoms with van der Waals surface area (Å²) in [4.78, 5) is 2.46. The molecule has 1 aliphatic heterocycles. The van der Waals surface area contributed by atoms with Gasteiger partial charge in [0.15, 0.2) is 0 Å². The minimum absolute atomic E-state index is 0.884. The lowest BCUT2D eigenvalue weighted by molar-refractivity contribution is 0.242. The minimum atomic E-state index is 0.884. The molecule has 1 saturated heterocycles. The van der Waals surface area contributed by atoms with Crippen molar-refractivity contribution in [1.82, 2.24) is 20.0 Å². The van der Waals surface area contributed by atoms with Crippen molar-refractivity contribution in [2.24, 2.45) is 13.0 Å². The van der Waals surface area contributed by atoms with Crippen LogP contribution in [0.25, 0.3) is 0 Å². The predicted molar refractivity (Wildman–Crippen MR) is 70.0 cm³/mol. The SMILES string of the molecule is CN(CCc1cnn(C)c1)CC1CCNCC1. The molecule has 1 aromatic rings. The second kappa shape index (κ2) is 6.17. The molecule has 1 N–H and O–H groups in total. The summed E-state index contributed by atoms with van der Waals surface area (Å²) >= 11 is 0. The van der Waals surface area contributed by atoms with Gasteiger partial charge in [0, 0.05) is 26.3 Å². The van der Waals surface area contributed by atoms with E-state index in [9.17, 15) is 0 Å². The average molecular weight is 236 g/mol. The van der Waals surface area contributed by atoms with Crippen LogP contribution in [0.4, 0.5) is 0 Å². The third-order valence-corrected chi connectivity index (χ3v) is 3.57. The molecule has 4 heteroatoms. The summed E-state index contributed by atoms with van der Waals surface area (Å²) < 4.78 is 1.88. The Balaban J connectivity index is 1.68. The fourth-order valence-electron chi connectivity index (χ4n) is 2.52. The van der Waals surface area contributed by atoms with Gasteiger partial charge in [-0.25, -0.2) is 0 Å². The van der Waals surface area contributed by atoms with E-state index in [1.54, 1.807) is 0 Å². The number of rotatable bonds is 5. The van der Waals surface area contributed by atoms with E-state index in [-0.39, 0.29) is 0 Å². The fraction of sp³-hybridized carbons (Fsp3) is 0.769. The van der Waals surface area contributed by atoms with Crippen LogP contribution in [0.2, 0.25) is 0 Å². The summed E-state index contributed by atoms with van der Waals surface area (Å²) in [6.45, 7) is 4.76. The Morgan fingerprint density at radius 1 is 1.47 bits per heavy atom. The summed E-state index contributed by atoms with van der Waals surface area (Å²) in [7, 11) is 4.21. The molecule has 0 radical (unpaired) electrons. The van der Waals surface area contributed by atoms with Crippen molar-refractivity contribution in [1.29, 1.82) is 0 Å². The van der Waals surface area contributed by atoms with E-state index < -0.39 is 0 Å². The molecule has 0 unspecified atom stereocenters. The molecule has 0 bridgehead atoms. The summed E-state index contributed by atoms with van der Waals surface area (Å²) in [5.41, 5.74) is 1.34. The Bertz CT molecular complexity index is 328. The number of piperidine rings is 1. The third-order valence-electron chi connectivity index (χ3n) is 3.57. The molecule has 0 aliphatic carbocycles. The Labute approximate surface area is 104 Å². The second-order valence-electron chi connectivity index (χ2n) is 5.23. The molecule has 1 aliphatic rings. The van der Waals surface area contributed by atoms with Crippen LogP contribution < -0.4 is 5.32 Å². The maximum Gasteiger partial charge on any atom is 0.0522 e. The standard InChI is InChI=1S/C13H24N4/c1-16(10-12-3-6-14-7-4-12)8-5-13-9-15-17(2)11-13/h9,11-12,14H,3-8,10H2,1-2H3. The van der Waals surface area contributed by atoms with E-state index in [0.29, 0.717) is 0 Å². The molecular formula is C13H24N4. The molecule has 4 nitrogen and oxygen atoms in total. The highest BCUT2D eigenvalue weighted by molar-refractivity contribution is 5.03. The average Bonchev–Trinajstić information content (AvgIpc) is 2.74. The molecule has 0 saturated carbocycles. The molecule has 2 heterocycles. The van der Waals surface area contributed by atoms with Crippen molar-refractivity contribution < 1.29 is 0 Å². The molecule has 96 valence electrons. The van der Waals surface area contributed by atoms with Crippen molar-refractivity contribution in [3.63, 3.8) is 0 Å². The highest BCUT2D eigenvalue weighted by Crippen LogP contribution is 2.12. The zero-order valence-electron chi connectivity index (χ0n) is 11.0. The highest BCUT2D eigenvalue weighted by atomic mass is 15.2. The number of nitrogens with one attached hydrogen (secondary N) is 1. The van der Waals surface area contributed by atoms with Gasteiger partial charge < -0.3 is 10.2 Å². The van der Waals surface area contributed by atoms with Crippen molar-refractivity contribution >= 4 is 0 Å². The van der Waals surface area contributed by atoms with Gasteiger partial charge in [-0.2, -0.15) is 5.10 Å². The normalized spacial score (nSPS) is 17.8. The van der Waals surface area contributed by atoms with Gasteiger partial charge in [-0.15, -0.1) is 0 Å². The van der Waals surface area contributed by atoms with Gasteiger partial charge in [0.25, 0.3) is 0 Å². The zero-order chi connectivity index (χ0) is 12.1. The first-order valence-corrected chi connectivity index (χ1v) is 6.61. The van der Waals surface area contributed by atoms with Crippen LogP contribution >= 0.6 is 0 Å². The Morgan fingerprint density at radius 3 is 2.88 bits per heavy atom. The molecule has 0 amide bonds. The van der Waals surface area contributed by atoms with Crippen LogP contribution in [-0.2, 0) is 13.5 Å². The summed E-state index contributed by atoms with van der Waals surface area (Å²) in [6.07, 6.45) is 7.85. The second-order valence-corrected chi connectivity index (χ2v) is 5.23. The van der Waals surface area contributed by atoms with E-state index in [1.807, 2.05) is 17.9 Å². The third kappa shape index (κ3) is 4.13. The van der Waals surface area contributed by atoms with Crippen molar-refractivity contribution in [2.45, 2.75) is 19.3 Å². The van der Waals surface area contributed by atoms with Crippen LogP contribution in [0.15, 0.2) is 12.4 Å². The lowest BCUT2D eigenvalue weighted by atomic mass is 9.97. The first-order chi connectivity index (χ1) is 8.24. The van der Waals surface area contributed by atoms with Crippen molar-refractivity contribution in [3.05, 3.63) is 18.0 Å². The van der Waals surface area contributed by atoms with E-state index in [1.165, 1.54) is 38.0 Å². The molecule has 2 rings (SSSR count). The Kier molecular flexibility index (Phi) is 4.57. The maximum absolute atomic E-state index is 4.20. The number of nitrogens with zero attached hydrogens (tertiary/aromatic N) is 3. The maximum atomic E-state index is 4.20. The Hall–Kier alpha value is -0.870. The van der Waals surface area contributed by atoms with Crippen LogP contribution in [0, 0.1) is 5.92 Å². The van der Waals surface area contributed by atoms with Gasteiger partial charge in [-0.3, -0.25) is 4.68 Å². The Morgan fingerprint density at radius 2 is 2.24 bits per heavy atom. The monoisotopic (exact) mass is 236 g/mol. The largest absolute Gasteiger partial charge is 0.317 e. The molecule has 17 heavy (non-hydrogen) atoms. The van der Waals surface area contributed by atoms with Gasteiger partial charge >= 0.3 is 0 Å². The van der Waals surface area contributed by atoms with Crippen LogP contribution in [0.1, 0.15) is 18.4 Å². The fourth-order valence-corrected chi connectivity index (χ4v) is 2.52. The first kappa shape index (κ1) is 12.6. The number of aryl methyl sites for hydroxylation is 1. The smallest absolute Gasteiger partial charge is 0.0522 e. The van der Waals surface area contributed by atoms with Crippen molar-refractivity contribution in [3.8, 4) is 0 Å². The highest BCUT2D eigenvalue weighted by Gasteiger charge is 2.14. The van der Waals surface area contributed by atoms with Gasteiger partial charge in [-0.05, 0) is 50.9 Å². The minimum Gasteiger partial charge on any atom is -0.317 e. The summed E-state index contributed by atoms with van der Waals surface area (Å²) in [6, 6.07) is 0. The quantitative estimate of drug-likeness (QED) is 0.824. The number of hydrogen-bond donors (Lipinski definition) is 1. The van der Waals surface area contributed by atoms with Gasteiger partial charge in [-0.1, -0.05) is 0 Å². The summed E-state index contributed by atoms with van der Waals surface area (Å²) in [5.74, 6) is 0.884. The molecule has 0 aromatic carbocycles. The van der Waals surface area contributed by atoms with Crippen LogP contribution in [0.3, 0.4) is 0 Å². The predicted octanol–water partition coefficient (Wildman–Crippen LogP) is 0.894. The van der Waals surface area contributed by atoms with Crippen LogP contribution in [-0.4, -0.2) is 47.9 Å². The summed E-state index contributed by atoms with van der Waals surface area (Å²) in [5, 5.41) is 7.62. The van der Waals surface area contributed by atoms with Crippen molar-refractivity contribution in [2.75, 3.05) is 33.2 Å². The number of hydrogen-bond acceptors (Lipinski definition) is 3. The lowest BCUT2D eigenvalue weighted by Crippen LogP contribution is -2.35. The molecule has 1 aromatic heterocycles. The topological polar surface area (TPSA) is 33.1 Å². The molecule has 0 spiro atoms. The zero-order valence-corrected chi connectivity index (χ0v) is 11.0. The molecule has 0 atom stereocenters. The van der Waals surface area contributed by atoms with E-state index in [4.69, 9.17) is 0 Å².